The monoisotopic (exact) mass is 268 g/mol. The minimum Gasteiger partial charge on any atom is -0.325 e. The molecule has 0 radical (unpaired) electrons. The number of hydrogen-bond donors (Lipinski definition) is 1. The van der Waals surface area contributed by atoms with E-state index in [9.17, 15) is 4.79 Å². The molecule has 19 heavy (non-hydrogen) atoms. The van der Waals surface area contributed by atoms with Crippen LogP contribution in [0.4, 0.5) is 0 Å². The Morgan fingerprint density at radius 2 is 1.74 bits per heavy atom. The number of nitrogens with one attached hydrogen (secondary N) is 1. The average Bonchev–Trinajstić information content (AvgIpc) is 2.63. The number of hydrogen-bond acceptors (Lipinski definition) is 2. The number of nitrogens with zero attached hydrogens (tertiary/aromatic N) is 1. The zero-order chi connectivity index (χ0) is 14.6. The Morgan fingerprint density at radius 1 is 1.16 bits per heavy atom. The smallest absolute Gasteiger partial charge is 0.241 e. The van der Waals surface area contributed by atoms with Crippen LogP contribution in [-0.4, -0.2) is 29.6 Å². The molecule has 1 aliphatic rings. The van der Waals surface area contributed by atoms with E-state index in [0.717, 1.165) is 25.8 Å². The molecule has 3 nitrogen and oxygen atoms in total. The predicted octanol–water partition coefficient (Wildman–Crippen LogP) is 3.25. The van der Waals surface area contributed by atoms with Crippen molar-refractivity contribution in [2.24, 2.45) is 17.8 Å². The van der Waals surface area contributed by atoms with Crippen molar-refractivity contribution in [1.82, 2.24) is 10.2 Å². The highest BCUT2D eigenvalue weighted by Crippen LogP contribution is 2.24. The topological polar surface area (TPSA) is 32.3 Å². The minimum atomic E-state index is 0.0294. The summed E-state index contributed by atoms with van der Waals surface area (Å²) in [5, 5.41) is 3.55. The van der Waals surface area contributed by atoms with Crippen molar-refractivity contribution < 1.29 is 4.79 Å². The van der Waals surface area contributed by atoms with Gasteiger partial charge in [-0.2, -0.15) is 0 Å². The van der Waals surface area contributed by atoms with Crippen molar-refractivity contribution in [3.8, 4) is 0 Å². The molecule has 0 bridgehead atoms. The molecule has 0 aromatic carbocycles. The Labute approximate surface area is 119 Å². The summed E-state index contributed by atoms with van der Waals surface area (Å²) >= 11 is 0. The zero-order valence-electron chi connectivity index (χ0n) is 13.6. The fraction of sp³-hybridized carbons (Fsp3) is 0.938. The van der Waals surface area contributed by atoms with Crippen LogP contribution in [0.2, 0.25) is 0 Å². The van der Waals surface area contributed by atoms with E-state index < -0.39 is 0 Å². The average molecular weight is 268 g/mol. The van der Waals surface area contributed by atoms with Crippen LogP contribution in [0.1, 0.15) is 60.8 Å². The minimum absolute atomic E-state index is 0.0294. The molecule has 0 spiro atoms. The van der Waals surface area contributed by atoms with Gasteiger partial charge in [0.05, 0.1) is 12.2 Å². The van der Waals surface area contributed by atoms with E-state index in [2.05, 4.69) is 51.8 Å². The maximum absolute atomic E-state index is 12.6. The second-order valence-electron chi connectivity index (χ2n) is 6.71. The molecule has 1 rings (SSSR count). The first kappa shape index (κ1) is 16.5. The van der Waals surface area contributed by atoms with Crippen molar-refractivity contribution in [3.05, 3.63) is 0 Å². The van der Waals surface area contributed by atoms with E-state index in [0.29, 0.717) is 23.7 Å². The summed E-state index contributed by atoms with van der Waals surface area (Å²) in [6.45, 7) is 14.1. The second kappa shape index (κ2) is 7.28. The molecule has 1 heterocycles. The summed E-state index contributed by atoms with van der Waals surface area (Å²) in [7, 11) is 0. The van der Waals surface area contributed by atoms with Gasteiger partial charge >= 0.3 is 0 Å². The summed E-state index contributed by atoms with van der Waals surface area (Å²) in [6.07, 6.45) is 3.47. The molecular formula is C16H32N2O. The van der Waals surface area contributed by atoms with Crippen LogP contribution in [0, 0.1) is 17.8 Å². The van der Waals surface area contributed by atoms with Crippen LogP contribution in [0.15, 0.2) is 0 Å². The lowest BCUT2D eigenvalue weighted by molar-refractivity contribution is -0.131. The number of amides is 1. The highest BCUT2D eigenvalue weighted by Gasteiger charge is 2.40. The molecule has 0 saturated carbocycles. The van der Waals surface area contributed by atoms with Gasteiger partial charge in [0.1, 0.15) is 0 Å². The van der Waals surface area contributed by atoms with Gasteiger partial charge in [-0.25, -0.2) is 0 Å². The molecule has 1 aliphatic heterocycles. The Balaban J connectivity index is 2.77. The van der Waals surface area contributed by atoms with Crippen molar-refractivity contribution in [1.29, 1.82) is 0 Å². The lowest BCUT2D eigenvalue weighted by atomic mass is 10.0. The molecule has 1 amide bonds. The van der Waals surface area contributed by atoms with E-state index in [1.54, 1.807) is 0 Å². The van der Waals surface area contributed by atoms with Crippen LogP contribution in [0.25, 0.3) is 0 Å². The first-order valence-electron chi connectivity index (χ1n) is 7.97. The first-order chi connectivity index (χ1) is 8.90. The molecule has 1 fully saturated rings. The Hall–Kier alpha value is -0.570. The van der Waals surface area contributed by atoms with Gasteiger partial charge in [-0.15, -0.1) is 0 Å². The molecule has 0 aromatic heterocycles. The second-order valence-corrected chi connectivity index (χ2v) is 6.71. The molecule has 112 valence electrons. The molecule has 0 aromatic rings. The Kier molecular flexibility index (Phi) is 6.31. The Bertz CT molecular complexity index is 284. The fourth-order valence-corrected chi connectivity index (χ4v) is 2.93. The van der Waals surface area contributed by atoms with E-state index in [-0.39, 0.29) is 12.2 Å². The summed E-state index contributed by atoms with van der Waals surface area (Å²) in [5.74, 6) is 1.97. The van der Waals surface area contributed by atoms with Gasteiger partial charge in [0.2, 0.25) is 5.91 Å². The van der Waals surface area contributed by atoms with Crippen LogP contribution in [0.3, 0.4) is 0 Å². The van der Waals surface area contributed by atoms with Crippen LogP contribution < -0.4 is 5.32 Å². The third-order valence-corrected chi connectivity index (χ3v) is 4.24. The molecular weight excluding hydrogens is 236 g/mol. The van der Waals surface area contributed by atoms with E-state index in [4.69, 9.17) is 0 Å². The third-order valence-electron chi connectivity index (χ3n) is 4.24. The quantitative estimate of drug-likeness (QED) is 0.768. The van der Waals surface area contributed by atoms with E-state index in [1.807, 2.05) is 0 Å². The normalized spacial score (nSPS) is 24.3. The maximum atomic E-state index is 12.6. The summed E-state index contributed by atoms with van der Waals surface area (Å²) in [4.78, 5) is 14.7. The van der Waals surface area contributed by atoms with E-state index >= 15 is 0 Å². The first-order valence-corrected chi connectivity index (χ1v) is 7.97. The van der Waals surface area contributed by atoms with E-state index in [1.165, 1.54) is 0 Å². The van der Waals surface area contributed by atoms with Crippen molar-refractivity contribution in [2.45, 2.75) is 73.0 Å². The van der Waals surface area contributed by atoms with Crippen molar-refractivity contribution in [3.63, 3.8) is 0 Å². The maximum Gasteiger partial charge on any atom is 0.241 e. The Morgan fingerprint density at radius 3 is 2.16 bits per heavy atom. The highest BCUT2D eigenvalue weighted by molar-refractivity contribution is 5.84. The van der Waals surface area contributed by atoms with Crippen LogP contribution >= 0.6 is 0 Å². The van der Waals surface area contributed by atoms with Gasteiger partial charge < -0.3 is 4.90 Å². The van der Waals surface area contributed by atoms with Crippen LogP contribution in [0.5, 0.6) is 0 Å². The number of rotatable bonds is 7. The van der Waals surface area contributed by atoms with Gasteiger partial charge in [-0.3, -0.25) is 10.1 Å². The third kappa shape index (κ3) is 4.20. The summed E-state index contributed by atoms with van der Waals surface area (Å²) < 4.78 is 0. The molecule has 1 saturated heterocycles. The molecule has 3 heteroatoms. The predicted molar refractivity (Wildman–Crippen MR) is 80.8 cm³/mol. The van der Waals surface area contributed by atoms with Crippen LogP contribution in [-0.2, 0) is 4.79 Å². The van der Waals surface area contributed by atoms with Crippen molar-refractivity contribution >= 4 is 5.91 Å². The summed E-state index contributed by atoms with van der Waals surface area (Å²) in [5.41, 5.74) is 0. The standard InChI is InChI=1S/C16H32N2O/c1-7-13(8-2)10-18-15(12(5)6)17-14(16(18)19)9-11(3)4/h11-15,17H,7-10H2,1-6H3. The number of carbonyl (C=O) groups is 1. The number of carbonyl (C=O) groups excluding carboxylic acids is 1. The lowest BCUT2D eigenvalue weighted by Crippen LogP contribution is -2.43. The molecule has 2 unspecified atom stereocenters. The molecule has 1 N–H and O–H groups in total. The molecule has 2 atom stereocenters. The largest absolute Gasteiger partial charge is 0.325 e. The fourth-order valence-electron chi connectivity index (χ4n) is 2.93. The SMILES string of the molecule is CCC(CC)CN1C(=O)C(CC(C)C)NC1C(C)C. The zero-order valence-corrected chi connectivity index (χ0v) is 13.6. The van der Waals surface area contributed by atoms with Gasteiger partial charge in [-0.05, 0) is 24.2 Å². The van der Waals surface area contributed by atoms with Gasteiger partial charge in [0.25, 0.3) is 0 Å². The van der Waals surface area contributed by atoms with Gasteiger partial charge in [0.15, 0.2) is 0 Å². The van der Waals surface area contributed by atoms with Gasteiger partial charge in [0, 0.05) is 6.54 Å². The van der Waals surface area contributed by atoms with Crippen molar-refractivity contribution in [2.75, 3.05) is 6.54 Å². The highest BCUT2D eigenvalue weighted by atomic mass is 16.2. The summed E-state index contributed by atoms with van der Waals surface area (Å²) in [6, 6.07) is 0.0294. The molecule has 0 aliphatic carbocycles. The van der Waals surface area contributed by atoms with Gasteiger partial charge in [-0.1, -0.05) is 54.4 Å². The lowest BCUT2D eigenvalue weighted by Gasteiger charge is -2.30.